The molecule has 0 aliphatic heterocycles. The highest BCUT2D eigenvalue weighted by molar-refractivity contribution is 7.89. The molecule has 1 aliphatic carbocycles. The molecule has 7 heteroatoms. The highest BCUT2D eigenvalue weighted by Crippen LogP contribution is 2.32. The lowest BCUT2D eigenvalue weighted by molar-refractivity contribution is -0.143. The molecule has 21 heavy (non-hydrogen) atoms. The molecule has 0 bridgehead atoms. The second-order valence-electron chi connectivity index (χ2n) is 5.00. The van der Waals surface area contributed by atoms with Gasteiger partial charge in [-0.2, -0.15) is 4.31 Å². The maximum Gasteiger partial charge on any atom is 0.321 e. The molecule has 116 valence electrons. The monoisotopic (exact) mass is 315 g/mol. The lowest BCUT2D eigenvalue weighted by atomic mass is 10.2. The van der Waals surface area contributed by atoms with E-state index in [1.807, 2.05) is 0 Å². The van der Waals surface area contributed by atoms with Gasteiger partial charge in [-0.25, -0.2) is 12.8 Å². The third-order valence-corrected chi connectivity index (χ3v) is 5.19. The molecule has 0 aromatic heterocycles. The van der Waals surface area contributed by atoms with Crippen molar-refractivity contribution in [2.45, 2.75) is 37.6 Å². The molecule has 0 saturated heterocycles. The van der Waals surface area contributed by atoms with E-state index in [0.717, 1.165) is 10.4 Å². The average molecular weight is 315 g/mol. The average Bonchev–Trinajstić information content (AvgIpc) is 3.23. The van der Waals surface area contributed by atoms with E-state index in [0.29, 0.717) is 18.4 Å². The van der Waals surface area contributed by atoms with Crippen molar-refractivity contribution in [3.63, 3.8) is 0 Å². The smallest absolute Gasteiger partial charge is 0.321 e. The van der Waals surface area contributed by atoms with E-state index in [-0.39, 0.29) is 24.1 Å². The molecule has 0 heterocycles. The van der Waals surface area contributed by atoms with E-state index in [1.165, 1.54) is 12.1 Å². The summed E-state index contributed by atoms with van der Waals surface area (Å²) in [5.41, 5.74) is 0.373. The molecule has 1 aromatic rings. The highest BCUT2D eigenvalue weighted by atomic mass is 32.2. The Hall–Kier alpha value is -1.47. The van der Waals surface area contributed by atoms with Crippen LogP contribution in [0.15, 0.2) is 23.1 Å². The number of rotatable bonds is 6. The fourth-order valence-corrected chi connectivity index (χ4v) is 3.62. The van der Waals surface area contributed by atoms with Crippen molar-refractivity contribution >= 4 is 16.0 Å². The van der Waals surface area contributed by atoms with Gasteiger partial charge in [-0.1, -0.05) is 6.07 Å². The zero-order valence-corrected chi connectivity index (χ0v) is 12.8. The Labute approximate surface area is 123 Å². The Kier molecular flexibility index (Phi) is 4.63. The summed E-state index contributed by atoms with van der Waals surface area (Å²) in [5, 5.41) is 0. The summed E-state index contributed by atoms with van der Waals surface area (Å²) in [4.78, 5) is 11.4. The van der Waals surface area contributed by atoms with Crippen molar-refractivity contribution < 1.29 is 22.3 Å². The second kappa shape index (κ2) is 6.11. The van der Waals surface area contributed by atoms with Crippen LogP contribution in [-0.2, 0) is 19.6 Å². The summed E-state index contributed by atoms with van der Waals surface area (Å²) in [5.74, 6) is -1.18. The molecule has 0 atom stereocenters. The summed E-state index contributed by atoms with van der Waals surface area (Å²) in [6.07, 6.45) is 1.40. The SMILES string of the molecule is CCOC(=O)CN(C1CC1)S(=O)(=O)c1ccc(C)c(F)c1. The van der Waals surface area contributed by atoms with Gasteiger partial charge in [0.15, 0.2) is 0 Å². The first-order valence-corrected chi connectivity index (χ1v) is 8.24. The standard InChI is InChI=1S/C14H18FNO4S/c1-3-20-14(17)9-16(11-5-6-11)21(18,19)12-7-4-10(2)13(15)8-12/h4,7-8,11H,3,5-6,9H2,1-2H3. The molecule has 0 unspecified atom stereocenters. The predicted molar refractivity (Wildman–Crippen MR) is 74.7 cm³/mol. The first-order chi connectivity index (χ1) is 9.86. The van der Waals surface area contributed by atoms with Gasteiger partial charge in [0.05, 0.1) is 11.5 Å². The molecule has 1 aromatic carbocycles. The first-order valence-electron chi connectivity index (χ1n) is 6.80. The van der Waals surface area contributed by atoms with Crippen LogP contribution in [0.4, 0.5) is 4.39 Å². The Morgan fingerprint density at radius 2 is 2.10 bits per heavy atom. The number of hydrogen-bond acceptors (Lipinski definition) is 4. The van der Waals surface area contributed by atoms with E-state index < -0.39 is 21.8 Å². The van der Waals surface area contributed by atoms with E-state index in [1.54, 1.807) is 13.8 Å². The molecule has 5 nitrogen and oxygen atoms in total. The second-order valence-corrected chi connectivity index (χ2v) is 6.89. The fourth-order valence-electron chi connectivity index (χ4n) is 1.98. The van der Waals surface area contributed by atoms with Crippen molar-refractivity contribution in [3.05, 3.63) is 29.6 Å². The zero-order chi connectivity index (χ0) is 15.6. The van der Waals surface area contributed by atoms with Crippen molar-refractivity contribution in [2.75, 3.05) is 13.2 Å². The predicted octanol–water partition coefficient (Wildman–Crippen LogP) is 1.85. The van der Waals surface area contributed by atoms with Gasteiger partial charge in [-0.05, 0) is 44.4 Å². The molecule has 0 radical (unpaired) electrons. The van der Waals surface area contributed by atoms with Crippen LogP contribution in [0.2, 0.25) is 0 Å². The Morgan fingerprint density at radius 1 is 1.43 bits per heavy atom. The molecule has 2 rings (SSSR count). The van der Waals surface area contributed by atoms with Gasteiger partial charge in [-0.15, -0.1) is 0 Å². The Morgan fingerprint density at radius 3 is 2.62 bits per heavy atom. The lowest BCUT2D eigenvalue weighted by Gasteiger charge is -2.21. The van der Waals surface area contributed by atoms with Crippen LogP contribution in [-0.4, -0.2) is 37.9 Å². The van der Waals surface area contributed by atoms with Crippen LogP contribution in [0, 0.1) is 12.7 Å². The van der Waals surface area contributed by atoms with Gasteiger partial charge in [0.1, 0.15) is 12.4 Å². The fraction of sp³-hybridized carbons (Fsp3) is 0.500. The number of carbonyl (C=O) groups is 1. The van der Waals surface area contributed by atoms with Crippen molar-refractivity contribution in [1.82, 2.24) is 4.31 Å². The molecule has 1 aliphatic rings. The van der Waals surface area contributed by atoms with E-state index in [9.17, 15) is 17.6 Å². The summed E-state index contributed by atoms with van der Waals surface area (Å²) < 4.78 is 44.6. The van der Waals surface area contributed by atoms with E-state index >= 15 is 0 Å². The number of aryl methyl sites for hydroxylation is 1. The molecule has 0 spiro atoms. The number of halogens is 1. The minimum Gasteiger partial charge on any atom is -0.465 e. The maximum absolute atomic E-state index is 13.6. The normalized spacial score (nSPS) is 15.2. The third-order valence-electron chi connectivity index (χ3n) is 3.29. The molecular formula is C14H18FNO4S. The number of nitrogens with zero attached hydrogens (tertiary/aromatic N) is 1. The summed E-state index contributed by atoms with van der Waals surface area (Å²) in [6.45, 7) is 3.07. The van der Waals surface area contributed by atoms with Crippen LogP contribution in [0.5, 0.6) is 0 Å². The number of ether oxygens (including phenoxy) is 1. The number of hydrogen-bond donors (Lipinski definition) is 0. The van der Waals surface area contributed by atoms with Gasteiger partial charge in [0.25, 0.3) is 0 Å². The Balaban J connectivity index is 2.29. The molecule has 1 fully saturated rings. The van der Waals surface area contributed by atoms with Crippen molar-refractivity contribution in [1.29, 1.82) is 0 Å². The van der Waals surface area contributed by atoms with Crippen molar-refractivity contribution in [3.8, 4) is 0 Å². The summed E-state index contributed by atoms with van der Waals surface area (Å²) >= 11 is 0. The minimum absolute atomic E-state index is 0.137. The van der Waals surface area contributed by atoms with E-state index in [4.69, 9.17) is 4.74 Å². The van der Waals surface area contributed by atoms with Gasteiger partial charge in [-0.3, -0.25) is 4.79 Å². The quantitative estimate of drug-likeness (QED) is 0.752. The topological polar surface area (TPSA) is 63.7 Å². The number of benzene rings is 1. The largest absolute Gasteiger partial charge is 0.465 e. The lowest BCUT2D eigenvalue weighted by Crippen LogP contribution is -2.38. The Bertz CT molecular complexity index is 640. The van der Waals surface area contributed by atoms with Crippen molar-refractivity contribution in [2.24, 2.45) is 0 Å². The van der Waals surface area contributed by atoms with Crippen LogP contribution in [0.1, 0.15) is 25.3 Å². The van der Waals surface area contributed by atoms with Gasteiger partial charge >= 0.3 is 5.97 Å². The number of carbonyl (C=O) groups excluding carboxylic acids is 1. The van der Waals surface area contributed by atoms with E-state index in [2.05, 4.69) is 0 Å². The zero-order valence-electron chi connectivity index (χ0n) is 12.0. The molecule has 0 amide bonds. The molecule has 0 N–H and O–H groups in total. The van der Waals surface area contributed by atoms with Crippen LogP contribution in [0.3, 0.4) is 0 Å². The van der Waals surface area contributed by atoms with Gasteiger partial charge < -0.3 is 4.74 Å². The van der Waals surface area contributed by atoms with Gasteiger partial charge in [0.2, 0.25) is 10.0 Å². The summed E-state index contributed by atoms with van der Waals surface area (Å²) in [6, 6.07) is 3.56. The molecular weight excluding hydrogens is 297 g/mol. The molecule has 1 saturated carbocycles. The highest BCUT2D eigenvalue weighted by Gasteiger charge is 2.39. The van der Waals surface area contributed by atoms with Crippen LogP contribution in [0.25, 0.3) is 0 Å². The van der Waals surface area contributed by atoms with Crippen LogP contribution < -0.4 is 0 Å². The first kappa shape index (κ1) is 15.9. The number of esters is 1. The number of sulfonamides is 1. The maximum atomic E-state index is 13.6. The minimum atomic E-state index is -3.90. The van der Waals surface area contributed by atoms with Crippen LogP contribution >= 0.6 is 0 Å². The third kappa shape index (κ3) is 3.59. The summed E-state index contributed by atoms with van der Waals surface area (Å²) in [7, 11) is -3.90. The van der Waals surface area contributed by atoms with Gasteiger partial charge in [0, 0.05) is 6.04 Å².